The maximum absolute atomic E-state index is 12.1. The molecule has 0 spiro atoms. The highest BCUT2D eigenvalue weighted by Crippen LogP contribution is 2.33. The number of carbonyl (C=O) groups is 3. The fourth-order valence-electron chi connectivity index (χ4n) is 4.43. The molecule has 3 fully saturated rings. The summed E-state index contributed by atoms with van der Waals surface area (Å²) in [6.45, 7) is 9.93. The Morgan fingerprint density at radius 2 is 1.58 bits per heavy atom. The van der Waals surface area contributed by atoms with Gasteiger partial charge in [-0.05, 0) is 25.8 Å². The molecule has 3 aliphatic heterocycles. The van der Waals surface area contributed by atoms with Gasteiger partial charge in [0.15, 0.2) is 0 Å². The number of hydrogen-bond donors (Lipinski definition) is 7. The Bertz CT molecular complexity index is 724. The number of urea groups is 1. The Balaban J connectivity index is 0.000000638. The van der Waals surface area contributed by atoms with E-state index < -0.39 is 12.1 Å². The number of carbonyl (C=O) groups excluding carboxylic acids is 2. The number of aliphatic carboxylic acids is 1. The lowest BCUT2D eigenvalue weighted by Crippen LogP contribution is -2.42. The summed E-state index contributed by atoms with van der Waals surface area (Å²) in [6.07, 6.45) is -0.481. The van der Waals surface area contributed by atoms with E-state index in [4.69, 9.17) is 9.90 Å². The molecular weight excluding hydrogens is 527 g/mol. The molecular formula is C23H42F3N7O4S. The first-order valence-corrected chi connectivity index (χ1v) is 14.3. The zero-order chi connectivity index (χ0) is 27.8. The van der Waals surface area contributed by atoms with Gasteiger partial charge < -0.3 is 41.9 Å². The van der Waals surface area contributed by atoms with Gasteiger partial charge in [-0.15, -0.1) is 0 Å². The maximum atomic E-state index is 12.1. The van der Waals surface area contributed by atoms with Gasteiger partial charge in [-0.1, -0.05) is 6.42 Å². The first-order valence-electron chi connectivity index (χ1n) is 13.3. The minimum atomic E-state index is -5.08. The summed E-state index contributed by atoms with van der Waals surface area (Å²) in [6, 6.07) is 0.516. The summed E-state index contributed by atoms with van der Waals surface area (Å²) in [5.41, 5.74) is 0. The molecule has 0 aromatic carbocycles. The Labute approximate surface area is 226 Å². The van der Waals surface area contributed by atoms with E-state index >= 15 is 0 Å². The maximum Gasteiger partial charge on any atom is 0.490 e. The molecule has 0 unspecified atom stereocenters. The smallest absolute Gasteiger partial charge is 0.475 e. The van der Waals surface area contributed by atoms with Crippen LogP contribution in [0, 0.1) is 0 Å². The van der Waals surface area contributed by atoms with Crippen LogP contribution in [0.25, 0.3) is 0 Å². The third-order valence-corrected chi connectivity index (χ3v) is 7.97. The van der Waals surface area contributed by atoms with Crippen molar-refractivity contribution in [2.24, 2.45) is 0 Å². The molecule has 0 aromatic heterocycles. The number of halogens is 3. The van der Waals surface area contributed by atoms with Gasteiger partial charge in [-0.3, -0.25) is 4.79 Å². The molecule has 0 saturated carbocycles. The van der Waals surface area contributed by atoms with Crippen LogP contribution in [0.2, 0.25) is 0 Å². The molecule has 0 aromatic rings. The molecule has 38 heavy (non-hydrogen) atoms. The quantitative estimate of drug-likeness (QED) is 0.150. The molecule has 0 bridgehead atoms. The number of rotatable bonds is 9. The minimum absolute atomic E-state index is 0.0303. The van der Waals surface area contributed by atoms with Crippen molar-refractivity contribution in [3.8, 4) is 0 Å². The molecule has 7 N–H and O–H groups in total. The fourth-order valence-corrected chi connectivity index (χ4v) is 5.97. The second-order valence-corrected chi connectivity index (χ2v) is 10.7. The molecule has 3 amide bonds. The van der Waals surface area contributed by atoms with Crippen molar-refractivity contribution < 1.29 is 32.7 Å². The molecule has 3 heterocycles. The lowest BCUT2D eigenvalue weighted by Gasteiger charge is -2.23. The van der Waals surface area contributed by atoms with E-state index in [9.17, 15) is 22.8 Å². The van der Waals surface area contributed by atoms with Gasteiger partial charge in [-0.2, -0.15) is 24.9 Å². The normalized spacial score (nSPS) is 25.0. The SMILES string of the molecule is O=C(CCCC[C@@H]1SC[C@@H]2NC(=O)N[C@@H]21)NCCCN1CCNCCNCCNCC1.O=C(O)C(F)(F)F. The van der Waals surface area contributed by atoms with Crippen molar-refractivity contribution in [1.82, 2.24) is 36.8 Å². The summed E-state index contributed by atoms with van der Waals surface area (Å²) in [7, 11) is 0. The van der Waals surface area contributed by atoms with E-state index in [1.165, 1.54) is 0 Å². The molecule has 11 nitrogen and oxygen atoms in total. The third kappa shape index (κ3) is 13.3. The molecule has 3 aliphatic rings. The van der Waals surface area contributed by atoms with Crippen molar-refractivity contribution in [2.45, 2.75) is 55.6 Å². The Hall–Kier alpha value is -1.81. The summed E-state index contributed by atoms with van der Waals surface area (Å²) in [5, 5.41) is 27.1. The van der Waals surface area contributed by atoms with Crippen LogP contribution in [-0.2, 0) is 9.59 Å². The van der Waals surface area contributed by atoms with Gasteiger partial charge >= 0.3 is 18.2 Å². The van der Waals surface area contributed by atoms with Crippen LogP contribution in [0.3, 0.4) is 0 Å². The number of carboxylic acids is 1. The van der Waals surface area contributed by atoms with Crippen LogP contribution in [0.1, 0.15) is 32.1 Å². The minimum Gasteiger partial charge on any atom is -0.475 e. The number of alkyl halides is 3. The van der Waals surface area contributed by atoms with E-state index in [2.05, 4.69) is 36.8 Å². The standard InChI is InChI=1S/C21H41N7O2S.C2HF3O2/c29-19(5-2-1-4-18-20-17(16-31-18)26-21(30)27-20)25-6-3-13-28-14-11-23-9-7-22-8-10-24-12-15-28;3-2(4,5)1(6)7/h17-18,20,22-24H,1-16H2,(H,25,29)(H2,26,27,30);(H,6,7)/t17-,18-,20-;/m0./s1. The number of nitrogens with one attached hydrogen (secondary N) is 6. The summed E-state index contributed by atoms with van der Waals surface area (Å²) in [5.74, 6) is -1.60. The van der Waals surface area contributed by atoms with Crippen LogP contribution in [0.4, 0.5) is 18.0 Å². The topological polar surface area (TPSA) is 147 Å². The number of thioether (sulfide) groups is 1. The molecule has 15 heteroatoms. The lowest BCUT2D eigenvalue weighted by atomic mass is 10.0. The van der Waals surface area contributed by atoms with E-state index in [1.807, 2.05) is 11.8 Å². The number of amides is 3. The second-order valence-electron chi connectivity index (χ2n) is 9.47. The van der Waals surface area contributed by atoms with Crippen molar-refractivity contribution in [3.63, 3.8) is 0 Å². The van der Waals surface area contributed by atoms with Crippen molar-refractivity contribution in [2.75, 3.05) is 71.2 Å². The number of hydrogen-bond acceptors (Lipinski definition) is 8. The summed E-state index contributed by atoms with van der Waals surface area (Å²) >= 11 is 1.94. The average molecular weight is 570 g/mol. The number of unbranched alkanes of at least 4 members (excludes halogenated alkanes) is 1. The number of fused-ring (bicyclic) bond motifs is 1. The molecule has 3 saturated heterocycles. The van der Waals surface area contributed by atoms with Crippen molar-refractivity contribution in [3.05, 3.63) is 0 Å². The Kier molecular flexibility index (Phi) is 15.1. The van der Waals surface area contributed by atoms with Crippen molar-refractivity contribution >= 4 is 29.7 Å². The van der Waals surface area contributed by atoms with Crippen LogP contribution >= 0.6 is 11.8 Å². The highest BCUT2D eigenvalue weighted by molar-refractivity contribution is 8.00. The molecule has 0 radical (unpaired) electrons. The van der Waals surface area contributed by atoms with Gasteiger partial charge in [-0.25, -0.2) is 9.59 Å². The Morgan fingerprint density at radius 1 is 0.974 bits per heavy atom. The van der Waals surface area contributed by atoms with Gasteiger partial charge in [0.1, 0.15) is 0 Å². The van der Waals surface area contributed by atoms with E-state index in [0.29, 0.717) is 11.7 Å². The van der Waals surface area contributed by atoms with Gasteiger partial charge in [0.25, 0.3) is 0 Å². The van der Waals surface area contributed by atoms with E-state index in [0.717, 1.165) is 96.9 Å². The van der Waals surface area contributed by atoms with Crippen LogP contribution < -0.4 is 31.9 Å². The number of nitrogens with zero attached hydrogens (tertiary/aromatic N) is 1. The summed E-state index contributed by atoms with van der Waals surface area (Å²) < 4.78 is 31.7. The van der Waals surface area contributed by atoms with Crippen LogP contribution in [0.15, 0.2) is 0 Å². The first kappa shape index (κ1) is 32.4. The van der Waals surface area contributed by atoms with Gasteiger partial charge in [0, 0.05) is 76.3 Å². The zero-order valence-corrected chi connectivity index (χ0v) is 22.5. The summed E-state index contributed by atoms with van der Waals surface area (Å²) in [4.78, 5) is 35.0. The zero-order valence-electron chi connectivity index (χ0n) is 21.7. The molecule has 0 aliphatic carbocycles. The first-order chi connectivity index (χ1) is 18.2. The molecule has 220 valence electrons. The van der Waals surface area contributed by atoms with Gasteiger partial charge in [0.05, 0.1) is 12.1 Å². The Morgan fingerprint density at radius 3 is 2.18 bits per heavy atom. The predicted octanol–water partition coefficient (Wildman–Crippen LogP) is -0.0638. The second kappa shape index (κ2) is 17.7. The van der Waals surface area contributed by atoms with Crippen LogP contribution in [-0.4, -0.2) is 123 Å². The number of carboxylic acid groups (broad SMARTS) is 1. The van der Waals surface area contributed by atoms with Crippen molar-refractivity contribution in [1.29, 1.82) is 0 Å². The van der Waals surface area contributed by atoms with Crippen LogP contribution in [0.5, 0.6) is 0 Å². The third-order valence-electron chi connectivity index (χ3n) is 6.46. The largest absolute Gasteiger partial charge is 0.490 e. The molecule has 3 atom stereocenters. The highest BCUT2D eigenvalue weighted by Gasteiger charge is 2.42. The average Bonchev–Trinajstić information content (AvgIpc) is 3.40. The monoisotopic (exact) mass is 569 g/mol. The fraction of sp³-hybridized carbons (Fsp3) is 0.870. The van der Waals surface area contributed by atoms with E-state index in [1.54, 1.807) is 0 Å². The highest BCUT2D eigenvalue weighted by atomic mass is 32.2. The molecule has 3 rings (SSSR count). The lowest BCUT2D eigenvalue weighted by molar-refractivity contribution is -0.192. The van der Waals surface area contributed by atoms with Gasteiger partial charge in [0.2, 0.25) is 5.91 Å². The predicted molar refractivity (Wildman–Crippen MR) is 140 cm³/mol. The van der Waals surface area contributed by atoms with E-state index in [-0.39, 0.29) is 24.0 Å².